The van der Waals surface area contributed by atoms with Crippen LogP contribution < -0.4 is 0 Å². The molecule has 0 aliphatic heterocycles. The molecule has 0 amide bonds. The molecule has 0 fully saturated rings. The van der Waals surface area contributed by atoms with Crippen LogP contribution in [0.15, 0.2) is 23.3 Å². The van der Waals surface area contributed by atoms with Gasteiger partial charge in [0.2, 0.25) is 0 Å². The third kappa shape index (κ3) is 9.38. The summed E-state index contributed by atoms with van der Waals surface area (Å²) in [6.45, 7) is 7.61. The van der Waals surface area contributed by atoms with E-state index in [-0.39, 0.29) is 11.6 Å². The van der Waals surface area contributed by atoms with Gasteiger partial charge >= 0.3 is 0 Å². The van der Waals surface area contributed by atoms with Crippen molar-refractivity contribution in [2.45, 2.75) is 53.4 Å². The Balaban J connectivity index is 3.97. The Morgan fingerprint density at radius 1 is 0.938 bits per heavy atom. The highest BCUT2D eigenvalue weighted by Crippen LogP contribution is 2.07. The fraction of sp³-hybridized carbons (Fsp3) is 0.571. The number of carbonyl (C=O) groups is 2. The van der Waals surface area contributed by atoms with Crippen molar-refractivity contribution in [2.75, 3.05) is 0 Å². The molecule has 2 heteroatoms. The predicted molar refractivity (Wildman–Crippen MR) is 67.3 cm³/mol. The van der Waals surface area contributed by atoms with Crippen molar-refractivity contribution >= 4 is 11.6 Å². The van der Waals surface area contributed by atoms with Crippen LogP contribution in [-0.4, -0.2) is 11.6 Å². The zero-order valence-electron chi connectivity index (χ0n) is 10.8. The average Bonchev–Trinajstić information content (AvgIpc) is 2.14. The molecule has 0 bridgehead atoms. The molecule has 0 radical (unpaired) electrons. The Labute approximate surface area is 98.4 Å². The minimum Gasteiger partial charge on any atom is -0.300 e. The van der Waals surface area contributed by atoms with Gasteiger partial charge in [-0.1, -0.05) is 17.2 Å². The average molecular weight is 222 g/mol. The van der Waals surface area contributed by atoms with Gasteiger partial charge < -0.3 is 4.79 Å². The summed E-state index contributed by atoms with van der Waals surface area (Å²) in [5.74, 6) is 0.133. The molecule has 0 heterocycles. The SMILES string of the molecule is CC(=O)CCC(=O)/C=C(\C)CCC=C(C)C. The van der Waals surface area contributed by atoms with Gasteiger partial charge in [0, 0.05) is 12.8 Å². The fourth-order valence-corrected chi connectivity index (χ4v) is 1.31. The molecule has 0 atom stereocenters. The molecule has 0 saturated heterocycles. The monoisotopic (exact) mass is 222 g/mol. The lowest BCUT2D eigenvalue weighted by Gasteiger charge is -1.98. The van der Waals surface area contributed by atoms with Crippen molar-refractivity contribution in [2.24, 2.45) is 0 Å². The van der Waals surface area contributed by atoms with E-state index in [9.17, 15) is 9.59 Å². The van der Waals surface area contributed by atoms with E-state index in [2.05, 4.69) is 19.9 Å². The third-order valence-corrected chi connectivity index (χ3v) is 2.22. The standard InChI is InChI=1S/C14H22O2/c1-11(2)6-5-7-12(3)10-14(16)9-8-13(4)15/h6,10H,5,7-9H2,1-4H3/b12-10+. The predicted octanol–water partition coefficient (Wildman–Crippen LogP) is 3.62. The first-order valence-corrected chi connectivity index (χ1v) is 5.74. The number of Topliss-reactive ketones (excluding diaryl/α,β-unsaturated/α-hetero) is 1. The summed E-state index contributed by atoms with van der Waals surface area (Å²) in [5.41, 5.74) is 2.39. The highest BCUT2D eigenvalue weighted by Gasteiger charge is 2.01. The normalized spacial score (nSPS) is 11.1. The van der Waals surface area contributed by atoms with Crippen molar-refractivity contribution in [1.29, 1.82) is 0 Å². The molecule has 0 aromatic rings. The van der Waals surface area contributed by atoms with Crippen LogP contribution in [0.1, 0.15) is 53.4 Å². The molecular weight excluding hydrogens is 200 g/mol. The topological polar surface area (TPSA) is 34.1 Å². The summed E-state index contributed by atoms with van der Waals surface area (Å²) in [7, 11) is 0. The molecule has 0 spiro atoms. The molecule has 16 heavy (non-hydrogen) atoms. The molecule has 0 aliphatic rings. The van der Waals surface area contributed by atoms with E-state index in [4.69, 9.17) is 0 Å². The Hall–Kier alpha value is -1.18. The lowest BCUT2D eigenvalue weighted by atomic mass is 10.1. The highest BCUT2D eigenvalue weighted by molar-refractivity contribution is 5.92. The number of hydrogen-bond donors (Lipinski definition) is 0. The van der Waals surface area contributed by atoms with Gasteiger partial charge in [0.25, 0.3) is 0 Å². The lowest BCUT2D eigenvalue weighted by Crippen LogP contribution is -1.98. The summed E-state index contributed by atoms with van der Waals surface area (Å²) >= 11 is 0. The molecule has 0 aromatic heterocycles. The zero-order chi connectivity index (χ0) is 12.6. The fourth-order valence-electron chi connectivity index (χ4n) is 1.31. The first kappa shape index (κ1) is 14.8. The van der Waals surface area contributed by atoms with Gasteiger partial charge in [0.15, 0.2) is 5.78 Å². The van der Waals surface area contributed by atoms with Crippen LogP contribution in [0, 0.1) is 0 Å². The number of rotatable bonds is 7. The van der Waals surface area contributed by atoms with Gasteiger partial charge in [0.05, 0.1) is 0 Å². The molecule has 90 valence electrons. The minimum atomic E-state index is 0.0601. The van der Waals surface area contributed by atoms with Crippen LogP contribution in [0.3, 0.4) is 0 Å². The van der Waals surface area contributed by atoms with Crippen LogP contribution >= 0.6 is 0 Å². The largest absolute Gasteiger partial charge is 0.300 e. The molecule has 0 rings (SSSR count). The lowest BCUT2D eigenvalue weighted by molar-refractivity contribution is -0.121. The van der Waals surface area contributed by atoms with Crippen molar-refractivity contribution in [3.8, 4) is 0 Å². The molecule has 0 saturated carbocycles. The van der Waals surface area contributed by atoms with Gasteiger partial charge in [-0.25, -0.2) is 0 Å². The van der Waals surface area contributed by atoms with E-state index in [1.165, 1.54) is 12.5 Å². The van der Waals surface area contributed by atoms with Gasteiger partial charge in [0.1, 0.15) is 5.78 Å². The molecule has 0 aromatic carbocycles. The summed E-state index contributed by atoms with van der Waals surface area (Å²) in [6, 6.07) is 0. The summed E-state index contributed by atoms with van der Waals surface area (Å²) in [5, 5.41) is 0. The van der Waals surface area contributed by atoms with E-state index in [1.54, 1.807) is 6.08 Å². The number of allylic oxidation sites excluding steroid dienone is 4. The molecular formula is C14H22O2. The van der Waals surface area contributed by atoms with Crippen molar-refractivity contribution in [3.63, 3.8) is 0 Å². The van der Waals surface area contributed by atoms with Crippen LogP contribution in [0.4, 0.5) is 0 Å². The Kier molecular flexibility index (Phi) is 7.44. The van der Waals surface area contributed by atoms with E-state index < -0.39 is 0 Å². The van der Waals surface area contributed by atoms with Gasteiger partial charge in [-0.05, 0) is 46.6 Å². The highest BCUT2D eigenvalue weighted by atomic mass is 16.1. The summed E-state index contributed by atoms with van der Waals surface area (Å²) in [6.07, 6.45) is 6.42. The first-order valence-electron chi connectivity index (χ1n) is 5.74. The third-order valence-electron chi connectivity index (χ3n) is 2.22. The Morgan fingerprint density at radius 2 is 1.56 bits per heavy atom. The number of hydrogen-bond acceptors (Lipinski definition) is 2. The van der Waals surface area contributed by atoms with Gasteiger partial charge in [-0.15, -0.1) is 0 Å². The van der Waals surface area contributed by atoms with Crippen molar-refractivity contribution in [1.82, 2.24) is 0 Å². The quantitative estimate of drug-likeness (QED) is 0.487. The first-order chi connectivity index (χ1) is 7.41. The summed E-state index contributed by atoms with van der Waals surface area (Å²) < 4.78 is 0. The van der Waals surface area contributed by atoms with E-state index in [0.29, 0.717) is 12.8 Å². The van der Waals surface area contributed by atoms with Crippen LogP contribution in [0.5, 0.6) is 0 Å². The van der Waals surface area contributed by atoms with Crippen LogP contribution in [0.25, 0.3) is 0 Å². The summed E-state index contributed by atoms with van der Waals surface area (Å²) in [4.78, 5) is 22.1. The maximum absolute atomic E-state index is 11.4. The second kappa shape index (κ2) is 8.03. The number of ketones is 2. The van der Waals surface area contributed by atoms with Crippen molar-refractivity contribution < 1.29 is 9.59 Å². The molecule has 2 nitrogen and oxygen atoms in total. The zero-order valence-corrected chi connectivity index (χ0v) is 10.8. The maximum Gasteiger partial charge on any atom is 0.156 e. The maximum atomic E-state index is 11.4. The van der Waals surface area contributed by atoms with Crippen LogP contribution in [-0.2, 0) is 9.59 Å². The van der Waals surface area contributed by atoms with Crippen LogP contribution in [0.2, 0.25) is 0 Å². The van der Waals surface area contributed by atoms with E-state index in [0.717, 1.165) is 18.4 Å². The smallest absolute Gasteiger partial charge is 0.156 e. The molecule has 0 N–H and O–H groups in total. The minimum absolute atomic E-state index is 0.0601. The van der Waals surface area contributed by atoms with Crippen molar-refractivity contribution in [3.05, 3.63) is 23.3 Å². The molecule has 0 aliphatic carbocycles. The Bertz CT molecular complexity index is 305. The number of carbonyl (C=O) groups excluding carboxylic acids is 2. The van der Waals surface area contributed by atoms with E-state index >= 15 is 0 Å². The Morgan fingerprint density at radius 3 is 2.06 bits per heavy atom. The van der Waals surface area contributed by atoms with Gasteiger partial charge in [-0.2, -0.15) is 0 Å². The molecule has 0 unspecified atom stereocenters. The second-order valence-electron chi connectivity index (χ2n) is 4.48. The second-order valence-corrected chi connectivity index (χ2v) is 4.48. The van der Waals surface area contributed by atoms with Gasteiger partial charge in [-0.3, -0.25) is 4.79 Å². The van der Waals surface area contributed by atoms with E-state index in [1.807, 2.05) is 6.92 Å².